The quantitative estimate of drug-likeness (QED) is 0.381. The van der Waals surface area contributed by atoms with Crippen molar-refractivity contribution in [1.29, 1.82) is 0 Å². The average Bonchev–Trinajstić information content (AvgIpc) is 2.27. The van der Waals surface area contributed by atoms with Gasteiger partial charge in [0.1, 0.15) is 0 Å². The first-order chi connectivity index (χ1) is 9.11. The van der Waals surface area contributed by atoms with Gasteiger partial charge in [0.2, 0.25) is 0 Å². The molecule has 0 unspecified atom stereocenters. The first-order valence-corrected chi connectivity index (χ1v) is 4.65. The van der Waals surface area contributed by atoms with Crippen LogP contribution >= 0.6 is 0 Å². The Labute approximate surface area is 106 Å². The maximum Gasteiger partial charge on any atom is 0.437 e. The number of halogens is 6. The molecule has 0 aliphatic heterocycles. The highest BCUT2D eigenvalue weighted by Gasteiger charge is 2.40. The fourth-order valence-corrected chi connectivity index (χ4v) is 1.26. The zero-order valence-electron chi connectivity index (χ0n) is 9.24. The highest BCUT2D eigenvalue weighted by atomic mass is 19.4. The van der Waals surface area contributed by atoms with E-state index in [0.29, 0.717) is 18.5 Å². The second-order valence-corrected chi connectivity index (χ2v) is 3.36. The van der Waals surface area contributed by atoms with Crippen LogP contribution in [0.3, 0.4) is 0 Å². The summed E-state index contributed by atoms with van der Waals surface area (Å²) < 4.78 is 74.6. The molecule has 0 spiro atoms. The highest BCUT2D eigenvalue weighted by Crippen LogP contribution is 2.25. The van der Waals surface area contributed by atoms with Gasteiger partial charge in [0.05, 0.1) is 0 Å². The summed E-state index contributed by atoms with van der Waals surface area (Å²) in [6.45, 7) is 0. The van der Waals surface area contributed by atoms with Crippen LogP contribution in [0.2, 0.25) is 0 Å². The first kappa shape index (κ1) is 15.7. The molecule has 110 valence electrons. The van der Waals surface area contributed by atoms with E-state index in [1.54, 1.807) is 0 Å². The van der Waals surface area contributed by atoms with Gasteiger partial charge in [0, 0.05) is 23.5 Å². The molecule has 0 aliphatic carbocycles. The van der Waals surface area contributed by atoms with E-state index in [1.807, 2.05) is 10.3 Å². The van der Waals surface area contributed by atoms with Crippen molar-refractivity contribution in [3.05, 3.63) is 29.6 Å². The van der Waals surface area contributed by atoms with Crippen LogP contribution in [0.4, 0.5) is 26.3 Å². The van der Waals surface area contributed by atoms with Gasteiger partial charge in [-0.15, -0.1) is 0 Å². The lowest BCUT2D eigenvalue weighted by molar-refractivity contribution is -0.0607. The third-order valence-corrected chi connectivity index (χ3v) is 2.02. The maximum atomic E-state index is 12.4. The average molecular weight is 301 g/mol. The van der Waals surface area contributed by atoms with Gasteiger partial charge in [0.25, 0.3) is 0 Å². The first-order valence-electron chi connectivity index (χ1n) is 4.65. The molecule has 0 amide bonds. The molecule has 0 bridgehead atoms. The van der Waals surface area contributed by atoms with Crippen LogP contribution in [0.5, 0.6) is 0 Å². The Morgan fingerprint density at radius 3 is 1.45 bits per heavy atom. The standard InChI is InChI=1S/C9H5F6N3O2/c10-8(11,12)6(17-19)4-1-5(3-16-2-4)7(18-20)9(13,14)15/h1-3,19-20H. The van der Waals surface area contributed by atoms with Crippen LogP contribution in [0.1, 0.15) is 11.1 Å². The fourth-order valence-electron chi connectivity index (χ4n) is 1.26. The summed E-state index contributed by atoms with van der Waals surface area (Å²) in [4.78, 5) is 3.17. The Morgan fingerprint density at radius 2 is 1.20 bits per heavy atom. The monoisotopic (exact) mass is 301 g/mol. The molecular weight excluding hydrogens is 296 g/mol. The molecule has 1 aromatic heterocycles. The molecule has 0 aromatic carbocycles. The maximum absolute atomic E-state index is 12.4. The van der Waals surface area contributed by atoms with Crippen LogP contribution < -0.4 is 0 Å². The van der Waals surface area contributed by atoms with Gasteiger partial charge in [-0.2, -0.15) is 26.3 Å². The topological polar surface area (TPSA) is 78.1 Å². The van der Waals surface area contributed by atoms with Gasteiger partial charge in [-0.05, 0) is 6.07 Å². The van der Waals surface area contributed by atoms with E-state index in [9.17, 15) is 26.3 Å². The van der Waals surface area contributed by atoms with Gasteiger partial charge < -0.3 is 10.4 Å². The predicted molar refractivity (Wildman–Crippen MR) is 53.0 cm³/mol. The summed E-state index contributed by atoms with van der Waals surface area (Å²) in [5.74, 6) is 0. The van der Waals surface area contributed by atoms with Gasteiger partial charge in [-0.3, -0.25) is 4.98 Å². The molecule has 5 nitrogen and oxygen atoms in total. The van der Waals surface area contributed by atoms with Crippen molar-refractivity contribution in [1.82, 2.24) is 4.98 Å². The van der Waals surface area contributed by atoms with Crippen LogP contribution in [0.15, 0.2) is 28.8 Å². The number of alkyl halides is 6. The third kappa shape index (κ3) is 3.36. The number of oxime groups is 2. The lowest BCUT2D eigenvalue weighted by Gasteiger charge is -2.11. The molecule has 0 fully saturated rings. The fraction of sp³-hybridized carbons (Fsp3) is 0.222. The van der Waals surface area contributed by atoms with Crippen LogP contribution in [-0.2, 0) is 0 Å². The normalized spacial score (nSPS) is 14.5. The van der Waals surface area contributed by atoms with E-state index < -0.39 is 34.9 Å². The Morgan fingerprint density at radius 1 is 0.850 bits per heavy atom. The molecule has 0 atom stereocenters. The summed E-state index contributed by atoms with van der Waals surface area (Å²) in [5.41, 5.74) is -5.48. The second-order valence-electron chi connectivity index (χ2n) is 3.36. The van der Waals surface area contributed by atoms with E-state index in [1.165, 1.54) is 0 Å². The third-order valence-electron chi connectivity index (χ3n) is 2.02. The van der Waals surface area contributed by atoms with E-state index >= 15 is 0 Å². The summed E-state index contributed by atoms with van der Waals surface area (Å²) in [6, 6.07) is 0.387. The molecular formula is C9H5F6N3O2. The van der Waals surface area contributed by atoms with Crippen molar-refractivity contribution >= 4 is 11.4 Å². The Hall–Kier alpha value is -2.33. The molecule has 1 rings (SSSR count). The zero-order chi connectivity index (χ0) is 15.6. The summed E-state index contributed by atoms with van der Waals surface area (Å²) in [7, 11) is 0. The molecule has 20 heavy (non-hydrogen) atoms. The molecule has 0 aliphatic rings. The molecule has 1 heterocycles. The van der Waals surface area contributed by atoms with Gasteiger partial charge in [-0.1, -0.05) is 10.3 Å². The van der Waals surface area contributed by atoms with E-state index in [4.69, 9.17) is 10.4 Å². The SMILES string of the molecule is ON=C(c1cncc(C(=NO)C(F)(F)F)c1)C(F)(F)F. The minimum atomic E-state index is -5.09. The van der Waals surface area contributed by atoms with Gasteiger partial charge in [-0.25, -0.2) is 0 Å². The molecule has 0 saturated heterocycles. The predicted octanol–water partition coefficient (Wildman–Crippen LogP) is 2.56. The molecule has 0 saturated carbocycles. The number of hydrogen-bond acceptors (Lipinski definition) is 5. The smallest absolute Gasteiger partial charge is 0.410 e. The molecule has 1 aromatic rings. The minimum absolute atomic E-state index is 0.387. The van der Waals surface area contributed by atoms with Crippen molar-refractivity contribution < 1.29 is 36.8 Å². The number of pyridine rings is 1. The number of rotatable bonds is 2. The summed E-state index contributed by atoms with van der Waals surface area (Å²) in [6.07, 6.45) is -9.08. The van der Waals surface area contributed by atoms with Crippen molar-refractivity contribution in [2.45, 2.75) is 12.4 Å². The molecule has 2 N–H and O–H groups in total. The van der Waals surface area contributed by atoms with Gasteiger partial charge >= 0.3 is 12.4 Å². The molecule has 0 radical (unpaired) electrons. The van der Waals surface area contributed by atoms with E-state index in [-0.39, 0.29) is 0 Å². The summed E-state index contributed by atoms with van der Waals surface area (Å²) >= 11 is 0. The lowest BCUT2D eigenvalue weighted by Crippen LogP contribution is -2.27. The Bertz CT molecular complexity index is 504. The minimum Gasteiger partial charge on any atom is -0.410 e. The zero-order valence-corrected chi connectivity index (χ0v) is 9.24. The number of nitrogens with zero attached hydrogens (tertiary/aromatic N) is 3. The van der Waals surface area contributed by atoms with Crippen LogP contribution in [0, 0.1) is 0 Å². The van der Waals surface area contributed by atoms with Crippen LogP contribution in [-0.4, -0.2) is 39.2 Å². The Balaban J connectivity index is 3.35. The second kappa shape index (κ2) is 5.35. The lowest BCUT2D eigenvalue weighted by atomic mass is 10.1. The van der Waals surface area contributed by atoms with Crippen molar-refractivity contribution in [3.63, 3.8) is 0 Å². The highest BCUT2D eigenvalue weighted by molar-refractivity contribution is 6.08. The van der Waals surface area contributed by atoms with Gasteiger partial charge in [0.15, 0.2) is 11.4 Å². The van der Waals surface area contributed by atoms with Crippen molar-refractivity contribution in [3.8, 4) is 0 Å². The number of aromatic nitrogens is 1. The Kier molecular flexibility index (Phi) is 4.20. The van der Waals surface area contributed by atoms with E-state index in [0.717, 1.165) is 0 Å². The largest absolute Gasteiger partial charge is 0.437 e. The van der Waals surface area contributed by atoms with Crippen molar-refractivity contribution in [2.24, 2.45) is 10.3 Å². The number of hydrogen-bond donors (Lipinski definition) is 2. The summed E-state index contributed by atoms with van der Waals surface area (Å²) in [5, 5.41) is 20.6. The van der Waals surface area contributed by atoms with E-state index in [2.05, 4.69) is 4.98 Å². The molecule has 11 heteroatoms. The van der Waals surface area contributed by atoms with Crippen LogP contribution in [0.25, 0.3) is 0 Å². The van der Waals surface area contributed by atoms with Crippen molar-refractivity contribution in [2.75, 3.05) is 0 Å².